The van der Waals surface area contributed by atoms with E-state index >= 15 is 4.39 Å². The van der Waals surface area contributed by atoms with E-state index in [4.69, 9.17) is 13.3 Å². The zero-order chi connectivity index (χ0) is 32.4. The molecule has 3 N–H and O–H groups in total. The summed E-state index contributed by atoms with van der Waals surface area (Å²) in [5.74, 6) is 0.307. The van der Waals surface area contributed by atoms with Crippen LogP contribution in [0.3, 0.4) is 0 Å². The fraction of sp³-hybridized carbons (Fsp3) is 0.351. The second-order valence-electron chi connectivity index (χ2n) is 12.4. The Balaban J connectivity index is 1.05. The Bertz CT molecular complexity index is 1960. The van der Waals surface area contributed by atoms with Crippen LogP contribution in [0.1, 0.15) is 55.4 Å². The lowest BCUT2D eigenvalue weighted by Crippen LogP contribution is -2.27. The Morgan fingerprint density at radius 1 is 0.674 bits per heavy atom. The smallest absolute Gasteiger partial charge is 0.169 e. The molecule has 0 bridgehead atoms. The van der Waals surface area contributed by atoms with Crippen LogP contribution in [0.25, 0.3) is 32.9 Å². The highest BCUT2D eigenvalue weighted by molar-refractivity contribution is 5.80. The number of hydrogen-bond donors (Lipinski definition) is 3. The van der Waals surface area contributed by atoms with Gasteiger partial charge in [0.05, 0.1) is 19.4 Å². The normalized spacial score (nSPS) is 14.1. The minimum Gasteiger partial charge on any atom is -0.464 e. The quantitative estimate of drug-likeness (QED) is 0.112. The molecular formula is C37H40F3N3O3. The number of benzene rings is 3. The van der Waals surface area contributed by atoms with Crippen LogP contribution in [0.4, 0.5) is 13.2 Å². The van der Waals surface area contributed by atoms with Gasteiger partial charge < -0.3 is 29.2 Å². The summed E-state index contributed by atoms with van der Waals surface area (Å²) in [6, 6.07) is 15.8. The van der Waals surface area contributed by atoms with Gasteiger partial charge in [0.25, 0.3) is 0 Å². The third kappa shape index (κ3) is 7.17. The van der Waals surface area contributed by atoms with Crippen LogP contribution in [0.2, 0.25) is 0 Å². The molecule has 0 amide bonds. The second kappa shape index (κ2) is 13.7. The summed E-state index contributed by atoms with van der Waals surface area (Å²) >= 11 is 0. The SMILES string of the molecule is CC[C@H](Cc1cc(F)c2oc(CN[C@H](C)Cc3cc4cc(CN[C@@H](C)Cc5cc6ccoc6cc5F)oc4cc3F)cc2c1)NC. The lowest BCUT2D eigenvalue weighted by Gasteiger charge is -2.13. The molecule has 6 aromatic rings. The minimum absolute atomic E-state index is 0.0247. The highest BCUT2D eigenvalue weighted by Gasteiger charge is 2.17. The van der Waals surface area contributed by atoms with Crippen LogP contribution in [0, 0.1) is 17.5 Å². The molecule has 3 heterocycles. The molecule has 3 aromatic carbocycles. The summed E-state index contributed by atoms with van der Waals surface area (Å²) in [7, 11) is 1.92. The fourth-order valence-electron chi connectivity index (χ4n) is 6.11. The Morgan fingerprint density at radius 2 is 1.30 bits per heavy atom. The van der Waals surface area contributed by atoms with Gasteiger partial charge in [0.2, 0.25) is 0 Å². The minimum atomic E-state index is -0.363. The van der Waals surface area contributed by atoms with Crippen LogP contribution < -0.4 is 16.0 Å². The van der Waals surface area contributed by atoms with Crippen LogP contribution in [0.5, 0.6) is 0 Å². The summed E-state index contributed by atoms with van der Waals surface area (Å²) < 4.78 is 61.4. The van der Waals surface area contributed by atoms with E-state index in [9.17, 15) is 8.78 Å². The summed E-state index contributed by atoms with van der Waals surface area (Å²) in [6.07, 6.45) is 4.19. The van der Waals surface area contributed by atoms with E-state index in [-0.39, 0.29) is 41.2 Å². The molecule has 0 radical (unpaired) electrons. The Kier molecular flexibility index (Phi) is 9.54. The molecule has 3 aromatic heterocycles. The molecule has 242 valence electrons. The zero-order valence-electron chi connectivity index (χ0n) is 26.6. The van der Waals surface area contributed by atoms with E-state index in [0.29, 0.717) is 59.7 Å². The first-order chi connectivity index (χ1) is 22.2. The van der Waals surface area contributed by atoms with Gasteiger partial charge >= 0.3 is 0 Å². The molecule has 0 spiro atoms. The van der Waals surface area contributed by atoms with Gasteiger partial charge in [-0.25, -0.2) is 13.2 Å². The molecular weight excluding hydrogens is 591 g/mol. The molecule has 0 fully saturated rings. The van der Waals surface area contributed by atoms with Crippen molar-refractivity contribution in [2.45, 2.75) is 77.7 Å². The van der Waals surface area contributed by atoms with Gasteiger partial charge in [-0.2, -0.15) is 0 Å². The molecule has 0 aliphatic rings. The lowest BCUT2D eigenvalue weighted by atomic mass is 10.0. The average Bonchev–Trinajstić information content (AvgIpc) is 3.76. The van der Waals surface area contributed by atoms with Gasteiger partial charge in [0.15, 0.2) is 11.4 Å². The molecule has 0 saturated carbocycles. The van der Waals surface area contributed by atoms with Crippen molar-refractivity contribution in [3.05, 3.63) is 107 Å². The van der Waals surface area contributed by atoms with E-state index in [1.165, 1.54) is 12.1 Å². The Hall–Kier alpha value is -4.05. The maximum absolute atomic E-state index is 15.1. The van der Waals surface area contributed by atoms with Crippen LogP contribution in [0.15, 0.2) is 74.1 Å². The maximum atomic E-state index is 15.1. The third-order valence-corrected chi connectivity index (χ3v) is 8.72. The van der Waals surface area contributed by atoms with Gasteiger partial charge in [0.1, 0.15) is 34.3 Å². The van der Waals surface area contributed by atoms with Crippen LogP contribution >= 0.6 is 0 Å². The van der Waals surface area contributed by atoms with Gasteiger partial charge in [0, 0.05) is 46.4 Å². The predicted molar refractivity (Wildman–Crippen MR) is 175 cm³/mol. The summed E-state index contributed by atoms with van der Waals surface area (Å²) in [5, 5.41) is 12.4. The number of likely N-dealkylation sites (N-methyl/N-ethyl adjacent to an activating group) is 1. The highest BCUT2D eigenvalue weighted by atomic mass is 19.1. The number of halogens is 3. The largest absolute Gasteiger partial charge is 0.464 e. The number of fused-ring (bicyclic) bond motifs is 3. The third-order valence-electron chi connectivity index (χ3n) is 8.72. The fourth-order valence-corrected chi connectivity index (χ4v) is 6.11. The standard InChI is InChI=1S/C37H40F3N3O3/c1-5-29(41-4)11-23-10-28-16-31(46-37(28)34(40)12-23)20-43-22(3)9-26-14-27-15-30(45-36(27)18-33(26)39)19-42-21(2)8-25-13-24-6-7-44-35(24)17-32(25)38/h6-7,10,12-18,21-22,29,41-43H,5,8-9,11,19-20H2,1-4H3/t21-,22+,29+/m0/s1. The van der Waals surface area contributed by atoms with Gasteiger partial charge in [-0.05, 0) is 106 Å². The number of hydrogen-bond acceptors (Lipinski definition) is 6. The molecule has 9 heteroatoms. The number of furan rings is 3. The van der Waals surface area contributed by atoms with E-state index in [1.54, 1.807) is 12.3 Å². The topological polar surface area (TPSA) is 75.5 Å². The second-order valence-corrected chi connectivity index (χ2v) is 12.4. The van der Waals surface area contributed by atoms with Crippen LogP contribution in [-0.4, -0.2) is 25.2 Å². The van der Waals surface area contributed by atoms with Gasteiger partial charge in [-0.1, -0.05) is 6.92 Å². The molecule has 6 rings (SSSR count). The Morgan fingerprint density at radius 3 is 1.98 bits per heavy atom. The van der Waals surface area contributed by atoms with Gasteiger partial charge in [-0.3, -0.25) is 0 Å². The first kappa shape index (κ1) is 31.9. The Labute approximate surface area is 266 Å². The summed E-state index contributed by atoms with van der Waals surface area (Å²) in [6.45, 7) is 6.88. The predicted octanol–water partition coefficient (Wildman–Crippen LogP) is 8.32. The molecule has 3 atom stereocenters. The summed E-state index contributed by atoms with van der Waals surface area (Å²) in [4.78, 5) is 0. The van der Waals surface area contributed by atoms with E-state index in [2.05, 4.69) is 22.9 Å². The zero-order valence-corrected chi connectivity index (χ0v) is 26.6. The van der Waals surface area contributed by atoms with Gasteiger partial charge in [-0.15, -0.1) is 0 Å². The van der Waals surface area contributed by atoms with E-state index in [1.807, 2.05) is 57.3 Å². The average molecular weight is 632 g/mol. The number of rotatable bonds is 14. The van der Waals surface area contributed by atoms with Crippen molar-refractivity contribution in [2.75, 3.05) is 7.05 Å². The molecule has 0 saturated heterocycles. The molecule has 6 nitrogen and oxygen atoms in total. The molecule has 0 aliphatic carbocycles. The van der Waals surface area contributed by atoms with Crippen molar-refractivity contribution >= 4 is 32.9 Å². The molecule has 46 heavy (non-hydrogen) atoms. The van der Waals surface area contributed by atoms with Crippen molar-refractivity contribution in [1.29, 1.82) is 0 Å². The van der Waals surface area contributed by atoms with Crippen molar-refractivity contribution in [1.82, 2.24) is 16.0 Å². The first-order valence-electron chi connectivity index (χ1n) is 15.9. The van der Waals surface area contributed by atoms with Crippen molar-refractivity contribution in [2.24, 2.45) is 0 Å². The van der Waals surface area contributed by atoms with Crippen molar-refractivity contribution in [3.63, 3.8) is 0 Å². The van der Waals surface area contributed by atoms with E-state index in [0.717, 1.165) is 34.6 Å². The lowest BCUT2D eigenvalue weighted by molar-refractivity contribution is 0.459. The van der Waals surface area contributed by atoms with Crippen molar-refractivity contribution in [3.8, 4) is 0 Å². The van der Waals surface area contributed by atoms with E-state index < -0.39 is 0 Å². The summed E-state index contributed by atoms with van der Waals surface area (Å²) in [5.41, 5.74) is 3.37. The molecule has 0 aliphatic heterocycles. The first-order valence-corrected chi connectivity index (χ1v) is 15.9. The van der Waals surface area contributed by atoms with Crippen molar-refractivity contribution < 1.29 is 26.4 Å². The maximum Gasteiger partial charge on any atom is 0.169 e. The van der Waals surface area contributed by atoms with Crippen LogP contribution in [-0.2, 0) is 32.4 Å². The monoisotopic (exact) mass is 631 g/mol. The number of nitrogens with one attached hydrogen (secondary N) is 3. The highest BCUT2D eigenvalue weighted by Crippen LogP contribution is 2.27. The molecule has 0 unspecified atom stereocenters.